The number of benzene rings is 1. The normalized spacial score (nSPS) is 32.2. The topological polar surface area (TPSA) is 95.3 Å². The maximum Gasteiger partial charge on any atom is 0.246 e. The van der Waals surface area contributed by atoms with Gasteiger partial charge in [-0.15, -0.1) is 0 Å². The third-order valence-electron chi connectivity index (χ3n) is 7.21. The Balaban J connectivity index is 1.42. The molecule has 0 bridgehead atoms. The number of nitriles is 1. The van der Waals surface area contributed by atoms with E-state index in [1.807, 2.05) is 19.1 Å². The van der Waals surface area contributed by atoms with Gasteiger partial charge in [0, 0.05) is 26.2 Å². The first-order valence-corrected chi connectivity index (χ1v) is 11.2. The number of hydrogen-bond donors (Lipinski definition) is 0. The molecule has 4 aliphatic heterocycles. The van der Waals surface area contributed by atoms with Gasteiger partial charge in [-0.3, -0.25) is 14.5 Å². The molecule has 3 fully saturated rings. The Morgan fingerprint density at radius 1 is 1.12 bits per heavy atom. The molecule has 0 aliphatic carbocycles. The average Bonchev–Trinajstić information content (AvgIpc) is 3.40. The van der Waals surface area contributed by atoms with Gasteiger partial charge < -0.3 is 24.0 Å². The lowest BCUT2D eigenvalue weighted by molar-refractivity contribution is -0.161. The van der Waals surface area contributed by atoms with Crippen molar-refractivity contribution in [1.82, 2.24) is 14.7 Å². The van der Waals surface area contributed by atoms with Crippen LogP contribution in [0.4, 0.5) is 0 Å². The van der Waals surface area contributed by atoms with Gasteiger partial charge in [0.15, 0.2) is 11.5 Å². The fraction of sp³-hybridized carbons (Fsp3) is 0.609. The van der Waals surface area contributed by atoms with Gasteiger partial charge in [0.1, 0.15) is 12.1 Å². The fourth-order valence-electron chi connectivity index (χ4n) is 5.41. The van der Waals surface area contributed by atoms with E-state index in [-0.39, 0.29) is 18.6 Å². The third kappa shape index (κ3) is 3.29. The van der Waals surface area contributed by atoms with Crippen LogP contribution in [0.25, 0.3) is 0 Å². The third-order valence-corrected chi connectivity index (χ3v) is 7.21. The highest BCUT2D eigenvalue weighted by molar-refractivity contribution is 5.98. The molecule has 170 valence electrons. The predicted octanol–water partition coefficient (Wildman–Crippen LogP) is 1.15. The van der Waals surface area contributed by atoms with Gasteiger partial charge in [-0.1, -0.05) is 6.07 Å². The summed E-state index contributed by atoms with van der Waals surface area (Å²) in [5.41, 5.74) is -0.0974. The molecular weight excluding hydrogens is 412 g/mol. The van der Waals surface area contributed by atoms with Gasteiger partial charge in [0.05, 0.1) is 30.7 Å². The van der Waals surface area contributed by atoms with Crippen LogP contribution in [0.3, 0.4) is 0 Å². The Morgan fingerprint density at radius 2 is 1.88 bits per heavy atom. The van der Waals surface area contributed by atoms with Crippen molar-refractivity contribution < 1.29 is 23.8 Å². The molecule has 0 saturated carbocycles. The van der Waals surface area contributed by atoms with Crippen molar-refractivity contribution in [3.8, 4) is 17.6 Å². The minimum absolute atomic E-state index is 0.0740. The highest BCUT2D eigenvalue weighted by Gasteiger charge is 2.59. The summed E-state index contributed by atoms with van der Waals surface area (Å²) < 4.78 is 16.3. The number of ether oxygens (including phenoxy) is 3. The molecule has 0 aromatic heterocycles. The smallest absolute Gasteiger partial charge is 0.246 e. The molecule has 1 unspecified atom stereocenters. The summed E-state index contributed by atoms with van der Waals surface area (Å²) in [7, 11) is 0. The maximum absolute atomic E-state index is 13.6. The van der Waals surface area contributed by atoms with E-state index in [9.17, 15) is 14.9 Å². The largest absolute Gasteiger partial charge is 0.454 e. The van der Waals surface area contributed by atoms with E-state index in [0.717, 1.165) is 18.7 Å². The van der Waals surface area contributed by atoms with E-state index in [1.54, 1.807) is 22.8 Å². The van der Waals surface area contributed by atoms with Gasteiger partial charge >= 0.3 is 0 Å². The molecule has 2 amide bonds. The van der Waals surface area contributed by atoms with Crippen LogP contribution < -0.4 is 9.47 Å². The summed E-state index contributed by atoms with van der Waals surface area (Å²) in [4.78, 5) is 32.7. The molecule has 0 spiro atoms. The summed E-state index contributed by atoms with van der Waals surface area (Å²) in [6.07, 6.45) is 0.313. The molecule has 4 atom stereocenters. The van der Waals surface area contributed by atoms with Crippen LogP contribution in [-0.2, 0) is 14.3 Å². The molecule has 0 N–H and O–H groups in total. The van der Waals surface area contributed by atoms with Crippen LogP contribution >= 0.6 is 0 Å². The summed E-state index contributed by atoms with van der Waals surface area (Å²) in [6, 6.07) is 6.18. The SMILES string of the molecule is C[C@@H]1C(=O)N2C(c3ccc4c(c3)OCO4)[C@@](C)(C#N)C[C@H]2C(=O)N1CCN1CCOCC1. The van der Waals surface area contributed by atoms with Gasteiger partial charge in [-0.2, -0.15) is 5.26 Å². The van der Waals surface area contributed by atoms with Crippen LogP contribution in [0.15, 0.2) is 18.2 Å². The standard InChI is InChI=1S/C23H28N4O5/c1-15-21(28)27-17(22(29)26(15)6-5-25-7-9-30-10-8-25)12-23(2,13-24)20(27)16-3-4-18-19(11-16)32-14-31-18/h3-4,11,15,17,20H,5-10,12,14H2,1-2H3/t15-,17+,20?,23-/m1/s1. The van der Waals surface area contributed by atoms with Crippen LogP contribution in [0.2, 0.25) is 0 Å². The molecule has 0 radical (unpaired) electrons. The van der Waals surface area contributed by atoms with E-state index < -0.39 is 23.5 Å². The summed E-state index contributed by atoms with van der Waals surface area (Å²) >= 11 is 0. The van der Waals surface area contributed by atoms with Crippen molar-refractivity contribution >= 4 is 11.8 Å². The van der Waals surface area contributed by atoms with Crippen molar-refractivity contribution in [3.63, 3.8) is 0 Å². The number of fused-ring (bicyclic) bond motifs is 2. The fourth-order valence-corrected chi connectivity index (χ4v) is 5.41. The van der Waals surface area contributed by atoms with Crippen LogP contribution in [0.5, 0.6) is 11.5 Å². The lowest BCUT2D eigenvalue weighted by Crippen LogP contribution is -2.63. The van der Waals surface area contributed by atoms with Crippen LogP contribution in [0.1, 0.15) is 31.9 Å². The second-order valence-electron chi connectivity index (χ2n) is 9.17. The van der Waals surface area contributed by atoms with Crippen molar-refractivity contribution in [3.05, 3.63) is 23.8 Å². The molecule has 4 aliphatic rings. The summed E-state index contributed by atoms with van der Waals surface area (Å²) in [5.74, 6) is 1.06. The number of morpholine rings is 1. The minimum atomic E-state index is -0.885. The molecule has 9 nitrogen and oxygen atoms in total. The number of amides is 2. The van der Waals surface area contributed by atoms with E-state index >= 15 is 0 Å². The zero-order chi connectivity index (χ0) is 22.5. The molecular formula is C23H28N4O5. The first-order chi connectivity index (χ1) is 15.4. The summed E-state index contributed by atoms with van der Waals surface area (Å²) in [5, 5.41) is 10.1. The monoisotopic (exact) mass is 440 g/mol. The predicted molar refractivity (Wildman–Crippen MR) is 113 cm³/mol. The number of hydrogen-bond acceptors (Lipinski definition) is 7. The lowest BCUT2D eigenvalue weighted by atomic mass is 9.79. The Hall–Kier alpha value is -2.83. The first kappa shape index (κ1) is 21.0. The molecule has 1 aromatic carbocycles. The van der Waals surface area contributed by atoms with E-state index in [1.165, 1.54) is 0 Å². The zero-order valence-corrected chi connectivity index (χ0v) is 18.5. The molecule has 1 aromatic rings. The first-order valence-electron chi connectivity index (χ1n) is 11.2. The molecule has 5 rings (SSSR count). The maximum atomic E-state index is 13.6. The average molecular weight is 441 g/mol. The van der Waals surface area contributed by atoms with Crippen LogP contribution in [-0.4, -0.2) is 84.8 Å². The highest BCUT2D eigenvalue weighted by Crippen LogP contribution is 2.52. The minimum Gasteiger partial charge on any atom is -0.454 e. The van der Waals surface area contributed by atoms with E-state index in [4.69, 9.17) is 14.2 Å². The van der Waals surface area contributed by atoms with Crippen molar-refractivity contribution in [2.75, 3.05) is 46.2 Å². The number of nitrogens with zero attached hydrogens (tertiary/aromatic N) is 4. The van der Waals surface area contributed by atoms with Crippen LogP contribution in [0, 0.1) is 16.7 Å². The van der Waals surface area contributed by atoms with Gasteiger partial charge in [-0.25, -0.2) is 0 Å². The van der Waals surface area contributed by atoms with E-state index in [0.29, 0.717) is 44.2 Å². The van der Waals surface area contributed by atoms with Crippen molar-refractivity contribution in [1.29, 1.82) is 5.26 Å². The quantitative estimate of drug-likeness (QED) is 0.693. The van der Waals surface area contributed by atoms with Crippen molar-refractivity contribution in [2.24, 2.45) is 5.41 Å². The number of carbonyl (C=O) groups is 2. The Morgan fingerprint density at radius 3 is 2.62 bits per heavy atom. The zero-order valence-electron chi connectivity index (χ0n) is 18.5. The van der Waals surface area contributed by atoms with Gasteiger partial charge in [-0.05, 0) is 38.0 Å². The lowest BCUT2D eigenvalue weighted by Gasteiger charge is -2.44. The molecule has 32 heavy (non-hydrogen) atoms. The molecule has 9 heteroatoms. The highest BCUT2D eigenvalue weighted by atomic mass is 16.7. The Kier molecular flexibility index (Phi) is 5.22. The Labute approximate surface area is 187 Å². The number of carbonyl (C=O) groups excluding carboxylic acids is 2. The Bertz CT molecular complexity index is 972. The second kappa shape index (κ2) is 7.94. The van der Waals surface area contributed by atoms with Gasteiger partial charge in [0.2, 0.25) is 18.6 Å². The molecule has 3 saturated heterocycles. The molecule has 4 heterocycles. The number of piperazine rings is 1. The second-order valence-corrected chi connectivity index (χ2v) is 9.17. The van der Waals surface area contributed by atoms with Gasteiger partial charge in [0.25, 0.3) is 0 Å². The number of rotatable bonds is 4. The summed E-state index contributed by atoms with van der Waals surface area (Å²) in [6.45, 7) is 8.02. The van der Waals surface area contributed by atoms with E-state index in [2.05, 4.69) is 11.0 Å². The van der Waals surface area contributed by atoms with Crippen molar-refractivity contribution in [2.45, 2.75) is 38.4 Å².